The molecule has 2 aliphatic rings. The van der Waals surface area contributed by atoms with Crippen LogP contribution < -0.4 is 0 Å². The van der Waals surface area contributed by atoms with Crippen LogP contribution in [0.1, 0.15) is 5.69 Å². The Hall–Kier alpha value is -1.45. The van der Waals surface area contributed by atoms with Crippen LogP contribution in [0.4, 0.5) is 0 Å². The molecular formula is C6H5N3O. The SMILES string of the molecule is Cc1ncc2ncnoc1-2. The summed E-state index contributed by atoms with van der Waals surface area (Å²) in [5, 5.41) is 3.52. The van der Waals surface area contributed by atoms with Crippen molar-refractivity contribution in [2.24, 2.45) is 0 Å². The van der Waals surface area contributed by atoms with Crippen molar-refractivity contribution in [2.75, 3.05) is 0 Å². The standard InChI is InChI=1S/C6H5N3O/c1-4-6-5(2-7-4)8-3-9-10-6/h2-3H,1H3. The molecule has 4 nitrogen and oxygen atoms in total. The van der Waals surface area contributed by atoms with Crippen molar-refractivity contribution in [3.8, 4) is 11.5 Å². The molecule has 0 amide bonds. The summed E-state index contributed by atoms with van der Waals surface area (Å²) in [6.07, 6.45) is 3.03. The summed E-state index contributed by atoms with van der Waals surface area (Å²) in [7, 11) is 0. The van der Waals surface area contributed by atoms with Crippen LogP contribution in [0.3, 0.4) is 0 Å². The molecule has 2 heterocycles. The van der Waals surface area contributed by atoms with Crippen LogP contribution in [-0.4, -0.2) is 15.1 Å². The lowest BCUT2D eigenvalue weighted by atomic mass is 10.3. The molecule has 2 aliphatic heterocycles. The van der Waals surface area contributed by atoms with Gasteiger partial charge < -0.3 is 4.52 Å². The predicted molar refractivity (Wildman–Crippen MR) is 33.5 cm³/mol. The lowest BCUT2D eigenvalue weighted by molar-refractivity contribution is 0.402. The van der Waals surface area contributed by atoms with Crippen LogP contribution in [0.5, 0.6) is 0 Å². The molecular weight excluding hydrogens is 130 g/mol. The zero-order valence-corrected chi connectivity index (χ0v) is 5.40. The second-order valence-corrected chi connectivity index (χ2v) is 2.00. The van der Waals surface area contributed by atoms with E-state index in [2.05, 4.69) is 15.1 Å². The summed E-state index contributed by atoms with van der Waals surface area (Å²) >= 11 is 0. The van der Waals surface area contributed by atoms with E-state index in [1.54, 1.807) is 6.20 Å². The number of fused-ring (bicyclic) bond motifs is 1. The van der Waals surface area contributed by atoms with Gasteiger partial charge in [-0.25, -0.2) is 4.98 Å². The Morgan fingerprint density at radius 3 is 3.10 bits per heavy atom. The summed E-state index contributed by atoms with van der Waals surface area (Å²) in [6.45, 7) is 1.86. The van der Waals surface area contributed by atoms with Gasteiger partial charge in [-0.2, -0.15) is 0 Å². The van der Waals surface area contributed by atoms with Crippen molar-refractivity contribution in [3.05, 3.63) is 18.2 Å². The van der Waals surface area contributed by atoms with Gasteiger partial charge in [-0.05, 0) is 6.92 Å². The zero-order chi connectivity index (χ0) is 6.97. The summed E-state index contributed by atoms with van der Waals surface area (Å²) in [5.41, 5.74) is 1.59. The minimum atomic E-state index is 0.669. The molecule has 0 N–H and O–H groups in total. The largest absolute Gasteiger partial charge is 0.351 e. The number of hydrogen-bond donors (Lipinski definition) is 0. The average Bonchev–Trinajstić information content (AvgIpc) is 2.34. The number of aromatic nitrogens is 3. The predicted octanol–water partition coefficient (Wildman–Crippen LogP) is 0.878. The second kappa shape index (κ2) is 1.76. The number of aryl methyl sites for hydroxylation is 1. The van der Waals surface area contributed by atoms with Gasteiger partial charge >= 0.3 is 0 Å². The summed E-state index contributed by atoms with van der Waals surface area (Å²) in [5.74, 6) is 0.669. The van der Waals surface area contributed by atoms with E-state index < -0.39 is 0 Å². The third-order valence-electron chi connectivity index (χ3n) is 1.33. The molecule has 0 aromatic rings. The van der Waals surface area contributed by atoms with Gasteiger partial charge in [0.1, 0.15) is 5.69 Å². The monoisotopic (exact) mass is 135 g/mol. The van der Waals surface area contributed by atoms with E-state index >= 15 is 0 Å². The van der Waals surface area contributed by atoms with Gasteiger partial charge in [0.05, 0.1) is 11.9 Å². The lowest BCUT2D eigenvalue weighted by Gasteiger charge is -1.90. The first-order valence-corrected chi connectivity index (χ1v) is 2.90. The molecule has 0 aromatic carbocycles. The van der Waals surface area contributed by atoms with Crippen molar-refractivity contribution in [1.29, 1.82) is 0 Å². The molecule has 0 saturated carbocycles. The lowest BCUT2D eigenvalue weighted by Crippen LogP contribution is -1.82. The van der Waals surface area contributed by atoms with Gasteiger partial charge in [0, 0.05) is 0 Å². The molecule has 0 fully saturated rings. The molecule has 2 rings (SSSR count). The minimum absolute atomic E-state index is 0.669. The van der Waals surface area contributed by atoms with Crippen LogP contribution in [0.25, 0.3) is 11.5 Å². The summed E-state index contributed by atoms with van der Waals surface area (Å²) in [4.78, 5) is 7.93. The maximum absolute atomic E-state index is 4.91. The molecule has 0 aliphatic carbocycles. The third-order valence-corrected chi connectivity index (χ3v) is 1.33. The van der Waals surface area contributed by atoms with Gasteiger partial charge in [-0.3, -0.25) is 4.98 Å². The topological polar surface area (TPSA) is 51.8 Å². The van der Waals surface area contributed by atoms with Gasteiger partial charge in [-0.1, -0.05) is 5.16 Å². The minimum Gasteiger partial charge on any atom is -0.351 e. The Balaban J connectivity index is 2.78. The van der Waals surface area contributed by atoms with Crippen molar-refractivity contribution in [2.45, 2.75) is 6.92 Å². The summed E-state index contributed by atoms with van der Waals surface area (Å²) in [6, 6.07) is 0. The van der Waals surface area contributed by atoms with Gasteiger partial charge in [0.15, 0.2) is 6.33 Å². The highest BCUT2D eigenvalue weighted by Crippen LogP contribution is 2.19. The van der Waals surface area contributed by atoms with Gasteiger partial charge in [0.25, 0.3) is 0 Å². The van der Waals surface area contributed by atoms with Crippen LogP contribution in [0, 0.1) is 6.92 Å². The first-order valence-electron chi connectivity index (χ1n) is 2.90. The molecule has 0 atom stereocenters. The number of nitrogens with zero attached hydrogens (tertiary/aromatic N) is 3. The molecule has 10 heavy (non-hydrogen) atoms. The molecule has 50 valence electrons. The Morgan fingerprint density at radius 2 is 2.30 bits per heavy atom. The normalized spacial score (nSPS) is 10.5. The van der Waals surface area contributed by atoms with Crippen molar-refractivity contribution in [1.82, 2.24) is 15.1 Å². The van der Waals surface area contributed by atoms with E-state index in [9.17, 15) is 0 Å². The fraction of sp³-hybridized carbons (Fsp3) is 0.167. The molecule has 0 bridgehead atoms. The van der Waals surface area contributed by atoms with Gasteiger partial charge in [0.2, 0.25) is 5.76 Å². The zero-order valence-electron chi connectivity index (χ0n) is 5.40. The first kappa shape index (κ1) is 5.34. The van der Waals surface area contributed by atoms with Crippen molar-refractivity contribution in [3.63, 3.8) is 0 Å². The maximum Gasteiger partial charge on any atom is 0.206 e. The second-order valence-electron chi connectivity index (χ2n) is 2.00. The van der Waals surface area contributed by atoms with Crippen molar-refractivity contribution >= 4 is 0 Å². The average molecular weight is 135 g/mol. The van der Waals surface area contributed by atoms with E-state index in [4.69, 9.17) is 4.52 Å². The Bertz CT molecular complexity index is 317. The number of rotatable bonds is 0. The summed E-state index contributed by atoms with van der Waals surface area (Å²) < 4.78 is 4.91. The third kappa shape index (κ3) is 0.586. The fourth-order valence-corrected chi connectivity index (χ4v) is 0.827. The molecule has 0 unspecified atom stereocenters. The van der Waals surface area contributed by atoms with Crippen LogP contribution in [0.2, 0.25) is 0 Å². The molecule has 0 aromatic heterocycles. The maximum atomic E-state index is 4.91. The highest BCUT2D eigenvalue weighted by molar-refractivity contribution is 5.54. The highest BCUT2D eigenvalue weighted by atomic mass is 16.5. The molecule has 0 radical (unpaired) electrons. The van der Waals surface area contributed by atoms with Crippen LogP contribution in [-0.2, 0) is 0 Å². The quantitative estimate of drug-likeness (QED) is 0.538. The number of hydrogen-bond acceptors (Lipinski definition) is 4. The molecule has 4 heteroatoms. The molecule has 0 saturated heterocycles. The first-order chi connectivity index (χ1) is 4.88. The van der Waals surface area contributed by atoms with E-state index in [0.717, 1.165) is 11.4 Å². The van der Waals surface area contributed by atoms with E-state index in [0.29, 0.717) is 5.76 Å². The van der Waals surface area contributed by atoms with Crippen molar-refractivity contribution < 1.29 is 4.52 Å². The Kier molecular flexibility index (Phi) is 0.943. The smallest absolute Gasteiger partial charge is 0.206 e. The Labute approximate surface area is 57.2 Å². The molecule has 0 spiro atoms. The van der Waals surface area contributed by atoms with E-state index in [1.165, 1.54) is 6.33 Å². The Morgan fingerprint density at radius 1 is 1.40 bits per heavy atom. The van der Waals surface area contributed by atoms with E-state index in [-0.39, 0.29) is 0 Å². The van der Waals surface area contributed by atoms with E-state index in [1.807, 2.05) is 6.92 Å². The van der Waals surface area contributed by atoms with Gasteiger partial charge in [-0.15, -0.1) is 0 Å². The fourth-order valence-electron chi connectivity index (χ4n) is 0.827. The highest BCUT2D eigenvalue weighted by Gasteiger charge is 2.10. The van der Waals surface area contributed by atoms with Crippen LogP contribution >= 0.6 is 0 Å². The van der Waals surface area contributed by atoms with Crippen LogP contribution in [0.15, 0.2) is 17.0 Å².